The number of ether oxygens (including phenoxy) is 2. The summed E-state index contributed by atoms with van der Waals surface area (Å²) in [6.07, 6.45) is 0. The van der Waals surface area contributed by atoms with E-state index in [1.54, 1.807) is 12.1 Å². The maximum Gasteiger partial charge on any atom is 0.262 e. The fraction of sp³-hybridized carbons (Fsp3) is 0.0968. The molecule has 0 unspecified atom stereocenters. The smallest absolute Gasteiger partial charge is 0.262 e. The molecule has 0 bridgehead atoms. The third-order valence-electron chi connectivity index (χ3n) is 6.01. The van der Waals surface area contributed by atoms with Gasteiger partial charge in [-0.3, -0.25) is 9.59 Å². The minimum absolute atomic E-state index is 0.136. The molecule has 2 N–H and O–H groups in total. The number of fused-ring (bicyclic) bond motifs is 2. The van der Waals surface area contributed by atoms with Gasteiger partial charge in [-0.2, -0.15) is 0 Å². The zero-order valence-electron chi connectivity index (χ0n) is 20.4. The number of carbonyl (C=O) groups is 2. The van der Waals surface area contributed by atoms with Crippen LogP contribution in [0.4, 0.5) is 11.4 Å². The largest absolute Gasteiger partial charge is 0.483 e. The van der Waals surface area contributed by atoms with Gasteiger partial charge in [0, 0.05) is 22.1 Å². The number of hydrogen-bond acceptors (Lipinski definition) is 4. The molecule has 0 radical (unpaired) electrons. The van der Waals surface area contributed by atoms with Crippen LogP contribution in [0.15, 0.2) is 103 Å². The van der Waals surface area contributed by atoms with Gasteiger partial charge in [0.25, 0.3) is 11.8 Å². The second-order valence-corrected chi connectivity index (χ2v) is 8.66. The summed E-state index contributed by atoms with van der Waals surface area (Å²) in [4.78, 5) is 25.2. The molecule has 5 aromatic rings. The van der Waals surface area contributed by atoms with Crippen LogP contribution in [0, 0.1) is 6.92 Å². The molecule has 184 valence electrons. The number of carbonyl (C=O) groups excluding carboxylic acids is 2. The molecule has 0 saturated heterocycles. The molecule has 0 saturated carbocycles. The first-order valence-corrected chi connectivity index (χ1v) is 12.0. The Balaban J connectivity index is 1.19. The minimum Gasteiger partial charge on any atom is -0.483 e. The Morgan fingerprint density at radius 1 is 0.622 bits per heavy atom. The normalized spacial score (nSPS) is 10.7. The SMILES string of the molecule is Cc1ccc(NC(=O)COc2cccc3ccccc23)cc1NC(=O)COc1cccc2ccccc12. The summed E-state index contributed by atoms with van der Waals surface area (Å²) in [6.45, 7) is 1.61. The summed E-state index contributed by atoms with van der Waals surface area (Å²) >= 11 is 0. The fourth-order valence-corrected chi connectivity index (χ4v) is 4.15. The Hall–Kier alpha value is -4.84. The van der Waals surface area contributed by atoms with Crippen molar-refractivity contribution in [3.63, 3.8) is 0 Å². The Morgan fingerprint density at radius 3 is 1.73 bits per heavy atom. The summed E-state index contributed by atoms with van der Waals surface area (Å²) in [5.74, 6) is 0.709. The van der Waals surface area contributed by atoms with Crippen molar-refractivity contribution in [3.8, 4) is 11.5 Å². The van der Waals surface area contributed by atoms with E-state index >= 15 is 0 Å². The van der Waals surface area contributed by atoms with Crippen molar-refractivity contribution in [2.45, 2.75) is 6.92 Å². The molecule has 6 heteroatoms. The molecule has 0 aliphatic heterocycles. The summed E-state index contributed by atoms with van der Waals surface area (Å²) in [5, 5.41) is 9.69. The van der Waals surface area contributed by atoms with Crippen LogP contribution in [-0.4, -0.2) is 25.0 Å². The summed E-state index contributed by atoms with van der Waals surface area (Å²) in [5.41, 5.74) is 2.02. The van der Waals surface area contributed by atoms with Gasteiger partial charge < -0.3 is 20.1 Å². The quantitative estimate of drug-likeness (QED) is 0.266. The highest BCUT2D eigenvalue weighted by Crippen LogP contribution is 2.27. The molecule has 5 aromatic carbocycles. The van der Waals surface area contributed by atoms with E-state index in [9.17, 15) is 9.59 Å². The van der Waals surface area contributed by atoms with Crippen LogP contribution in [0.3, 0.4) is 0 Å². The molecule has 5 rings (SSSR count). The van der Waals surface area contributed by atoms with Crippen LogP contribution in [0.1, 0.15) is 5.56 Å². The second kappa shape index (κ2) is 10.8. The van der Waals surface area contributed by atoms with Crippen molar-refractivity contribution in [1.82, 2.24) is 0 Å². The van der Waals surface area contributed by atoms with E-state index in [1.165, 1.54) is 0 Å². The molecule has 0 fully saturated rings. The molecule has 0 aliphatic carbocycles. The molecule has 0 aliphatic rings. The van der Waals surface area contributed by atoms with Crippen LogP contribution in [-0.2, 0) is 9.59 Å². The van der Waals surface area contributed by atoms with Gasteiger partial charge in [-0.15, -0.1) is 0 Å². The number of anilines is 2. The Labute approximate surface area is 214 Å². The first kappa shape index (κ1) is 23.9. The first-order chi connectivity index (χ1) is 18.1. The highest BCUT2D eigenvalue weighted by atomic mass is 16.5. The molecule has 6 nitrogen and oxygen atoms in total. The number of hydrogen-bond donors (Lipinski definition) is 2. The number of amides is 2. The van der Waals surface area contributed by atoms with E-state index in [4.69, 9.17) is 9.47 Å². The third kappa shape index (κ3) is 5.70. The van der Waals surface area contributed by atoms with Gasteiger partial charge in [-0.1, -0.05) is 78.9 Å². The summed E-state index contributed by atoms with van der Waals surface area (Å²) in [7, 11) is 0. The van der Waals surface area contributed by atoms with Gasteiger partial charge in [0.1, 0.15) is 11.5 Å². The van der Waals surface area contributed by atoms with Crippen LogP contribution in [0.5, 0.6) is 11.5 Å². The molecular formula is C31H26N2O4. The predicted molar refractivity (Wildman–Crippen MR) is 147 cm³/mol. The lowest BCUT2D eigenvalue weighted by Crippen LogP contribution is -2.22. The van der Waals surface area contributed by atoms with Crippen molar-refractivity contribution in [2.75, 3.05) is 23.8 Å². The van der Waals surface area contributed by atoms with Crippen molar-refractivity contribution >= 4 is 44.7 Å². The molecule has 0 heterocycles. The lowest BCUT2D eigenvalue weighted by atomic mass is 10.1. The molecule has 0 atom stereocenters. The van der Waals surface area contributed by atoms with Crippen LogP contribution in [0.2, 0.25) is 0 Å². The fourth-order valence-electron chi connectivity index (χ4n) is 4.15. The Bertz CT molecular complexity index is 1580. The van der Waals surface area contributed by atoms with Crippen LogP contribution >= 0.6 is 0 Å². The molecule has 0 aromatic heterocycles. The molecule has 0 spiro atoms. The third-order valence-corrected chi connectivity index (χ3v) is 6.01. The van der Waals surface area contributed by atoms with Gasteiger partial charge in [0.05, 0.1) is 0 Å². The van der Waals surface area contributed by atoms with Gasteiger partial charge in [-0.25, -0.2) is 0 Å². The van der Waals surface area contributed by atoms with Gasteiger partial charge >= 0.3 is 0 Å². The maximum absolute atomic E-state index is 12.6. The predicted octanol–water partition coefficient (Wildman–Crippen LogP) is 6.34. The average Bonchev–Trinajstić information content (AvgIpc) is 2.92. The van der Waals surface area contributed by atoms with Crippen molar-refractivity contribution < 1.29 is 19.1 Å². The first-order valence-electron chi connectivity index (χ1n) is 12.0. The van der Waals surface area contributed by atoms with Crippen molar-refractivity contribution in [3.05, 3.63) is 109 Å². The highest BCUT2D eigenvalue weighted by molar-refractivity contribution is 5.96. The van der Waals surface area contributed by atoms with Crippen LogP contribution < -0.4 is 20.1 Å². The zero-order valence-corrected chi connectivity index (χ0v) is 20.4. The van der Waals surface area contributed by atoms with Gasteiger partial charge in [-0.05, 0) is 47.5 Å². The van der Waals surface area contributed by atoms with Gasteiger partial charge in [0.2, 0.25) is 0 Å². The summed E-state index contributed by atoms with van der Waals surface area (Å²) < 4.78 is 11.6. The van der Waals surface area contributed by atoms with E-state index < -0.39 is 0 Å². The van der Waals surface area contributed by atoms with Crippen molar-refractivity contribution in [2.24, 2.45) is 0 Å². The lowest BCUT2D eigenvalue weighted by molar-refractivity contribution is -0.118. The average molecular weight is 491 g/mol. The minimum atomic E-state index is -0.298. The zero-order chi connectivity index (χ0) is 25.6. The van der Waals surface area contributed by atoms with Crippen LogP contribution in [0.25, 0.3) is 21.5 Å². The van der Waals surface area contributed by atoms with E-state index in [2.05, 4.69) is 10.6 Å². The van der Waals surface area contributed by atoms with Gasteiger partial charge in [0.15, 0.2) is 13.2 Å². The standard InChI is InChI=1S/C31H26N2O4/c1-21-16-17-24(32-30(34)19-36-28-14-6-10-22-8-2-4-12-25(22)28)18-27(21)33-31(35)20-37-29-15-7-11-23-9-3-5-13-26(23)29/h2-18H,19-20H2,1H3,(H,32,34)(H,33,35). The van der Waals surface area contributed by atoms with E-state index in [0.717, 1.165) is 27.1 Å². The monoisotopic (exact) mass is 490 g/mol. The molecule has 37 heavy (non-hydrogen) atoms. The number of benzene rings is 5. The maximum atomic E-state index is 12.6. The topological polar surface area (TPSA) is 76.7 Å². The summed E-state index contributed by atoms with van der Waals surface area (Å²) in [6, 6.07) is 32.5. The Kier molecular flexibility index (Phi) is 6.99. The number of aryl methyl sites for hydroxylation is 1. The van der Waals surface area contributed by atoms with E-state index in [1.807, 2.05) is 97.9 Å². The number of rotatable bonds is 8. The van der Waals surface area contributed by atoms with E-state index in [-0.39, 0.29) is 25.0 Å². The molecule has 2 amide bonds. The van der Waals surface area contributed by atoms with E-state index in [0.29, 0.717) is 22.9 Å². The second-order valence-electron chi connectivity index (χ2n) is 8.66. The number of nitrogens with one attached hydrogen (secondary N) is 2. The lowest BCUT2D eigenvalue weighted by Gasteiger charge is -2.13. The Morgan fingerprint density at radius 2 is 1.14 bits per heavy atom. The molecular weight excluding hydrogens is 464 g/mol. The van der Waals surface area contributed by atoms with Crippen molar-refractivity contribution in [1.29, 1.82) is 0 Å². The highest BCUT2D eigenvalue weighted by Gasteiger charge is 2.11.